The van der Waals surface area contributed by atoms with E-state index in [2.05, 4.69) is 10.2 Å². The van der Waals surface area contributed by atoms with E-state index in [-0.39, 0.29) is 5.56 Å². The molecular formula is C10H8N2O2. The third-order valence-corrected chi connectivity index (χ3v) is 2.09. The maximum absolute atomic E-state index is 10.7. The van der Waals surface area contributed by atoms with Crippen LogP contribution in [0.3, 0.4) is 0 Å². The second-order valence-corrected chi connectivity index (χ2v) is 3.06. The van der Waals surface area contributed by atoms with Crippen LogP contribution in [0.25, 0.3) is 10.9 Å². The van der Waals surface area contributed by atoms with Crippen molar-refractivity contribution < 1.29 is 9.90 Å². The van der Waals surface area contributed by atoms with Crippen molar-refractivity contribution in [1.82, 2.24) is 10.2 Å². The maximum Gasteiger partial charge on any atom is 0.335 e. The Balaban J connectivity index is 2.73. The molecule has 1 N–H and O–H groups in total. The molecule has 0 aliphatic rings. The minimum absolute atomic E-state index is 0.234. The van der Waals surface area contributed by atoms with Crippen LogP contribution >= 0.6 is 0 Å². The Morgan fingerprint density at radius 1 is 1.43 bits per heavy atom. The van der Waals surface area contributed by atoms with Crippen molar-refractivity contribution >= 4 is 16.9 Å². The average Bonchev–Trinajstić information content (AvgIpc) is 2.17. The summed E-state index contributed by atoms with van der Waals surface area (Å²) in [6, 6.07) is 4.85. The molecule has 0 saturated carbocycles. The van der Waals surface area contributed by atoms with Gasteiger partial charge in [-0.25, -0.2) is 4.79 Å². The highest BCUT2D eigenvalue weighted by molar-refractivity contribution is 5.93. The molecular weight excluding hydrogens is 180 g/mol. The Morgan fingerprint density at radius 3 is 2.93 bits per heavy atom. The predicted molar refractivity (Wildman–Crippen MR) is 51.2 cm³/mol. The Labute approximate surface area is 80.2 Å². The molecule has 0 aliphatic carbocycles. The van der Waals surface area contributed by atoms with Crippen LogP contribution in [0.15, 0.2) is 24.4 Å². The zero-order chi connectivity index (χ0) is 10.1. The van der Waals surface area contributed by atoms with Crippen LogP contribution in [0.5, 0.6) is 0 Å². The predicted octanol–water partition coefficient (Wildman–Crippen LogP) is 1.64. The summed E-state index contributed by atoms with van der Waals surface area (Å²) < 4.78 is 0. The van der Waals surface area contributed by atoms with Gasteiger partial charge in [0.05, 0.1) is 17.3 Å². The molecule has 4 heteroatoms. The zero-order valence-corrected chi connectivity index (χ0v) is 7.56. The standard InChI is InChI=1S/C10H8N2O2/c1-6-5-11-12-9-4-7(10(13)14)2-3-8(6)9/h2-5H,1H3,(H,13,14). The molecule has 0 amide bonds. The number of aromatic nitrogens is 2. The van der Waals surface area contributed by atoms with Crippen LogP contribution in [0.2, 0.25) is 0 Å². The second-order valence-electron chi connectivity index (χ2n) is 3.06. The van der Waals surface area contributed by atoms with Gasteiger partial charge in [-0.2, -0.15) is 10.2 Å². The molecule has 2 aromatic rings. The van der Waals surface area contributed by atoms with Crippen molar-refractivity contribution in [3.63, 3.8) is 0 Å². The van der Waals surface area contributed by atoms with Crippen LogP contribution in [0.4, 0.5) is 0 Å². The number of hydrogen-bond acceptors (Lipinski definition) is 3. The number of aryl methyl sites for hydroxylation is 1. The lowest BCUT2D eigenvalue weighted by Gasteiger charge is -2.00. The first kappa shape index (κ1) is 8.62. The summed E-state index contributed by atoms with van der Waals surface area (Å²) in [5, 5.41) is 17.3. The first-order valence-corrected chi connectivity index (χ1v) is 4.14. The van der Waals surface area contributed by atoms with Crippen LogP contribution < -0.4 is 0 Å². The van der Waals surface area contributed by atoms with E-state index in [0.717, 1.165) is 10.9 Å². The number of carbonyl (C=O) groups is 1. The quantitative estimate of drug-likeness (QED) is 0.738. The molecule has 0 spiro atoms. The molecule has 0 atom stereocenters. The Hall–Kier alpha value is -1.97. The highest BCUT2D eigenvalue weighted by Gasteiger charge is 2.05. The third kappa shape index (κ3) is 1.31. The molecule has 0 saturated heterocycles. The van der Waals surface area contributed by atoms with Gasteiger partial charge in [0.25, 0.3) is 0 Å². The van der Waals surface area contributed by atoms with E-state index in [9.17, 15) is 4.79 Å². The van der Waals surface area contributed by atoms with Gasteiger partial charge in [-0.3, -0.25) is 0 Å². The summed E-state index contributed by atoms with van der Waals surface area (Å²) in [6.45, 7) is 1.91. The van der Waals surface area contributed by atoms with Gasteiger partial charge in [0.2, 0.25) is 0 Å². The van der Waals surface area contributed by atoms with Gasteiger partial charge in [0, 0.05) is 5.39 Å². The SMILES string of the molecule is Cc1cnnc2cc(C(=O)O)ccc12. The molecule has 1 aromatic heterocycles. The molecule has 0 radical (unpaired) electrons. The van der Waals surface area contributed by atoms with E-state index in [0.29, 0.717) is 5.52 Å². The van der Waals surface area contributed by atoms with Crippen LogP contribution in [-0.4, -0.2) is 21.3 Å². The Kier molecular flexibility index (Phi) is 1.89. The topological polar surface area (TPSA) is 63.1 Å². The largest absolute Gasteiger partial charge is 0.478 e. The van der Waals surface area contributed by atoms with Crippen molar-refractivity contribution in [3.8, 4) is 0 Å². The molecule has 0 fully saturated rings. The van der Waals surface area contributed by atoms with Gasteiger partial charge in [0.1, 0.15) is 0 Å². The van der Waals surface area contributed by atoms with E-state index >= 15 is 0 Å². The summed E-state index contributed by atoms with van der Waals surface area (Å²) in [5.41, 5.74) is 1.84. The average molecular weight is 188 g/mol. The summed E-state index contributed by atoms with van der Waals surface area (Å²) in [6.07, 6.45) is 1.66. The number of carboxylic acids is 1. The fraction of sp³-hybridized carbons (Fsp3) is 0.100. The van der Waals surface area contributed by atoms with Gasteiger partial charge in [-0.1, -0.05) is 6.07 Å². The fourth-order valence-corrected chi connectivity index (χ4v) is 1.33. The number of hydrogen-bond donors (Lipinski definition) is 1. The second kappa shape index (κ2) is 3.06. The van der Waals surface area contributed by atoms with Gasteiger partial charge in [-0.15, -0.1) is 0 Å². The zero-order valence-electron chi connectivity index (χ0n) is 7.56. The van der Waals surface area contributed by atoms with Gasteiger partial charge >= 0.3 is 5.97 Å². The van der Waals surface area contributed by atoms with Crippen molar-refractivity contribution in [2.75, 3.05) is 0 Å². The summed E-state index contributed by atoms with van der Waals surface area (Å²) in [7, 11) is 0. The number of benzene rings is 1. The molecule has 0 bridgehead atoms. The van der Waals surface area contributed by atoms with E-state index in [1.54, 1.807) is 18.3 Å². The van der Waals surface area contributed by atoms with Crippen LogP contribution in [-0.2, 0) is 0 Å². The van der Waals surface area contributed by atoms with E-state index in [1.807, 2.05) is 6.92 Å². The lowest BCUT2D eigenvalue weighted by Crippen LogP contribution is -1.97. The molecule has 14 heavy (non-hydrogen) atoms. The first-order valence-electron chi connectivity index (χ1n) is 4.14. The maximum atomic E-state index is 10.7. The summed E-state index contributed by atoms with van der Waals surface area (Å²) in [4.78, 5) is 10.7. The van der Waals surface area contributed by atoms with Gasteiger partial charge < -0.3 is 5.11 Å². The van der Waals surface area contributed by atoms with Crippen molar-refractivity contribution in [2.24, 2.45) is 0 Å². The smallest absolute Gasteiger partial charge is 0.335 e. The molecule has 0 unspecified atom stereocenters. The highest BCUT2D eigenvalue weighted by atomic mass is 16.4. The minimum atomic E-state index is -0.949. The van der Waals surface area contributed by atoms with Gasteiger partial charge in [0.15, 0.2) is 0 Å². The van der Waals surface area contributed by atoms with E-state index in [4.69, 9.17) is 5.11 Å². The third-order valence-electron chi connectivity index (χ3n) is 2.09. The minimum Gasteiger partial charge on any atom is -0.478 e. The first-order chi connectivity index (χ1) is 6.68. The normalized spacial score (nSPS) is 10.4. The van der Waals surface area contributed by atoms with E-state index < -0.39 is 5.97 Å². The number of rotatable bonds is 1. The van der Waals surface area contributed by atoms with Crippen LogP contribution in [0, 0.1) is 6.92 Å². The monoisotopic (exact) mass is 188 g/mol. The summed E-state index contributed by atoms with van der Waals surface area (Å²) in [5.74, 6) is -0.949. The Morgan fingerprint density at radius 2 is 2.21 bits per heavy atom. The van der Waals surface area contributed by atoms with Gasteiger partial charge in [-0.05, 0) is 24.6 Å². The lowest BCUT2D eigenvalue weighted by molar-refractivity contribution is 0.0697. The van der Waals surface area contributed by atoms with Crippen LogP contribution in [0.1, 0.15) is 15.9 Å². The summed E-state index contributed by atoms with van der Waals surface area (Å²) >= 11 is 0. The molecule has 0 aliphatic heterocycles. The number of carboxylic acid groups (broad SMARTS) is 1. The molecule has 2 rings (SSSR count). The highest BCUT2D eigenvalue weighted by Crippen LogP contribution is 2.16. The molecule has 1 heterocycles. The number of aromatic carboxylic acids is 1. The molecule has 70 valence electrons. The molecule has 1 aromatic carbocycles. The fourth-order valence-electron chi connectivity index (χ4n) is 1.33. The number of fused-ring (bicyclic) bond motifs is 1. The number of nitrogens with zero attached hydrogens (tertiary/aromatic N) is 2. The Bertz CT molecular complexity index is 508. The van der Waals surface area contributed by atoms with Crippen molar-refractivity contribution in [1.29, 1.82) is 0 Å². The lowest BCUT2D eigenvalue weighted by atomic mass is 10.1. The van der Waals surface area contributed by atoms with Crippen molar-refractivity contribution in [2.45, 2.75) is 6.92 Å². The molecule has 4 nitrogen and oxygen atoms in total. The van der Waals surface area contributed by atoms with Crippen molar-refractivity contribution in [3.05, 3.63) is 35.5 Å². The van der Waals surface area contributed by atoms with E-state index in [1.165, 1.54) is 6.07 Å².